The van der Waals surface area contributed by atoms with Crippen LogP contribution in [0.25, 0.3) is 27.4 Å². The Balaban J connectivity index is 1.33. The average Bonchev–Trinajstić information content (AvgIpc) is 3.72. The molecule has 1 saturated carbocycles. The molecule has 2 N–H and O–H groups in total. The van der Waals surface area contributed by atoms with Gasteiger partial charge < -0.3 is 14.8 Å². The molecule has 0 saturated heterocycles. The summed E-state index contributed by atoms with van der Waals surface area (Å²) in [6.07, 6.45) is 5.79. The molecule has 0 radical (unpaired) electrons. The molecule has 1 aliphatic rings. The van der Waals surface area contributed by atoms with Gasteiger partial charge in [-0.25, -0.2) is 9.78 Å². The summed E-state index contributed by atoms with van der Waals surface area (Å²) in [6.45, 7) is 1.90. The minimum absolute atomic E-state index is 0.205. The van der Waals surface area contributed by atoms with Crippen molar-refractivity contribution in [2.45, 2.75) is 31.2 Å². The highest BCUT2D eigenvalue weighted by Gasteiger charge is 2.49. The van der Waals surface area contributed by atoms with E-state index in [1.54, 1.807) is 24.3 Å². The number of aromatic carboxylic acids is 1. The van der Waals surface area contributed by atoms with Crippen LogP contribution in [0.2, 0.25) is 0 Å². The number of hydrogen-bond acceptors (Lipinski definition) is 3. The summed E-state index contributed by atoms with van der Waals surface area (Å²) in [6, 6.07) is 33.2. The van der Waals surface area contributed by atoms with Gasteiger partial charge in [-0.2, -0.15) is 0 Å². The molecule has 4 aromatic carbocycles. The SMILES string of the molecule is C[C@H](NC(=O)c1cc(-c2ccccc2)cn2cnc(C3(c4ccc5ccccc5c4)CC3)c12)c1ccc(C(=O)O)cc1. The molecule has 6 nitrogen and oxygen atoms in total. The number of imidazole rings is 1. The van der Waals surface area contributed by atoms with Gasteiger partial charge in [-0.15, -0.1) is 0 Å². The highest BCUT2D eigenvalue weighted by molar-refractivity contribution is 6.03. The lowest BCUT2D eigenvalue weighted by molar-refractivity contribution is 0.0696. The molecule has 42 heavy (non-hydrogen) atoms. The first-order valence-corrected chi connectivity index (χ1v) is 14.1. The Morgan fingerprint density at radius 2 is 1.57 bits per heavy atom. The number of nitrogens with zero attached hydrogens (tertiary/aromatic N) is 2. The second-order valence-electron chi connectivity index (χ2n) is 11.1. The number of benzene rings is 4. The second-order valence-corrected chi connectivity index (χ2v) is 11.1. The van der Waals surface area contributed by atoms with Crippen LogP contribution in [0.1, 0.15) is 63.3 Å². The number of carboxylic acids is 1. The number of pyridine rings is 1. The fourth-order valence-electron chi connectivity index (χ4n) is 5.99. The van der Waals surface area contributed by atoms with Crippen LogP contribution in [0.4, 0.5) is 0 Å². The molecule has 0 spiro atoms. The number of fused-ring (bicyclic) bond motifs is 2. The first-order valence-electron chi connectivity index (χ1n) is 14.1. The average molecular weight is 552 g/mol. The van der Waals surface area contributed by atoms with E-state index in [1.807, 2.05) is 60.2 Å². The largest absolute Gasteiger partial charge is 0.478 e. The Hall–Kier alpha value is -5.23. The minimum atomic E-state index is -0.980. The van der Waals surface area contributed by atoms with Crippen molar-refractivity contribution in [3.05, 3.63) is 144 Å². The third-order valence-corrected chi connectivity index (χ3v) is 8.49. The number of nitrogens with one attached hydrogen (secondary N) is 1. The van der Waals surface area contributed by atoms with Crippen molar-refractivity contribution < 1.29 is 14.7 Å². The number of amides is 1. The minimum Gasteiger partial charge on any atom is -0.478 e. The van der Waals surface area contributed by atoms with Gasteiger partial charge in [0.1, 0.15) is 0 Å². The molecule has 2 heterocycles. The topological polar surface area (TPSA) is 83.7 Å². The van der Waals surface area contributed by atoms with Crippen LogP contribution < -0.4 is 5.32 Å². The van der Waals surface area contributed by atoms with Crippen molar-refractivity contribution in [3.8, 4) is 11.1 Å². The van der Waals surface area contributed by atoms with E-state index in [4.69, 9.17) is 4.98 Å². The Morgan fingerprint density at radius 1 is 0.857 bits per heavy atom. The monoisotopic (exact) mass is 551 g/mol. The van der Waals surface area contributed by atoms with Crippen molar-refractivity contribution in [1.82, 2.24) is 14.7 Å². The maximum atomic E-state index is 14.1. The number of carboxylic acid groups (broad SMARTS) is 1. The lowest BCUT2D eigenvalue weighted by atomic mass is 9.89. The van der Waals surface area contributed by atoms with E-state index >= 15 is 0 Å². The van der Waals surface area contributed by atoms with Crippen molar-refractivity contribution in [3.63, 3.8) is 0 Å². The van der Waals surface area contributed by atoms with Gasteiger partial charge in [0.05, 0.1) is 34.7 Å². The van der Waals surface area contributed by atoms with Gasteiger partial charge in [0, 0.05) is 11.6 Å². The van der Waals surface area contributed by atoms with Gasteiger partial charge in [-0.1, -0.05) is 84.9 Å². The maximum absolute atomic E-state index is 14.1. The maximum Gasteiger partial charge on any atom is 0.335 e. The molecule has 2 aromatic heterocycles. The molecule has 1 atom stereocenters. The third kappa shape index (κ3) is 4.41. The molecule has 1 fully saturated rings. The molecule has 7 rings (SSSR count). The summed E-state index contributed by atoms with van der Waals surface area (Å²) in [7, 11) is 0. The van der Waals surface area contributed by atoms with E-state index in [2.05, 4.69) is 47.8 Å². The third-order valence-electron chi connectivity index (χ3n) is 8.49. The van der Waals surface area contributed by atoms with Gasteiger partial charge >= 0.3 is 5.97 Å². The van der Waals surface area contributed by atoms with Gasteiger partial charge in [0.2, 0.25) is 0 Å². The Labute approximate surface area is 243 Å². The first-order chi connectivity index (χ1) is 20.4. The molecular formula is C36H29N3O3. The Morgan fingerprint density at radius 3 is 2.29 bits per heavy atom. The first kappa shape index (κ1) is 25.7. The summed E-state index contributed by atoms with van der Waals surface area (Å²) in [4.78, 5) is 30.3. The number of carbonyl (C=O) groups is 2. The summed E-state index contributed by atoms with van der Waals surface area (Å²) in [5, 5.41) is 14.8. The zero-order valence-electron chi connectivity index (χ0n) is 23.1. The van der Waals surface area contributed by atoms with Gasteiger partial charge in [-0.05, 0) is 71.0 Å². The molecule has 0 bridgehead atoms. The number of rotatable bonds is 7. The summed E-state index contributed by atoms with van der Waals surface area (Å²) in [5.74, 6) is -1.18. The quantitative estimate of drug-likeness (QED) is 0.216. The fraction of sp³-hybridized carbons (Fsp3) is 0.139. The van der Waals surface area contributed by atoms with Gasteiger partial charge in [0.15, 0.2) is 0 Å². The zero-order chi connectivity index (χ0) is 28.8. The van der Waals surface area contributed by atoms with Crippen LogP contribution in [-0.2, 0) is 5.41 Å². The van der Waals surface area contributed by atoms with Gasteiger partial charge in [0.25, 0.3) is 5.91 Å². The molecule has 1 amide bonds. The van der Waals surface area contributed by atoms with Crippen LogP contribution in [0.15, 0.2) is 116 Å². The standard InChI is InChI=1S/C36H29N3O3/c1-23(24-11-13-27(14-12-24)35(41)42)38-34(40)31-20-29(25-7-3-2-4-8-25)21-39-22-37-33(32(31)39)36(17-18-36)30-16-15-26-9-5-6-10-28(26)19-30/h2-16,19-23H,17-18H2,1H3,(H,38,40)(H,41,42)/t23-/m0/s1. The van der Waals surface area contributed by atoms with E-state index in [1.165, 1.54) is 16.3 Å². The molecule has 206 valence electrons. The highest BCUT2D eigenvalue weighted by Crippen LogP contribution is 2.55. The number of hydrogen-bond donors (Lipinski definition) is 2. The summed E-state index contributed by atoms with van der Waals surface area (Å²) in [5.41, 5.74) is 6.22. The molecule has 6 aromatic rings. The van der Waals surface area contributed by atoms with Crippen LogP contribution in [0.3, 0.4) is 0 Å². The second kappa shape index (κ2) is 10.00. The van der Waals surface area contributed by atoms with E-state index < -0.39 is 5.97 Å². The fourth-order valence-corrected chi connectivity index (χ4v) is 5.99. The zero-order valence-corrected chi connectivity index (χ0v) is 23.1. The molecule has 1 aliphatic carbocycles. The lowest BCUT2D eigenvalue weighted by Crippen LogP contribution is -2.27. The van der Waals surface area contributed by atoms with Crippen LogP contribution >= 0.6 is 0 Å². The van der Waals surface area contributed by atoms with E-state index in [0.717, 1.165) is 40.7 Å². The summed E-state index contributed by atoms with van der Waals surface area (Å²) >= 11 is 0. The predicted octanol–water partition coefficient (Wildman–Crippen LogP) is 7.42. The van der Waals surface area contributed by atoms with Crippen LogP contribution in [-0.4, -0.2) is 26.4 Å². The van der Waals surface area contributed by atoms with Crippen molar-refractivity contribution in [1.29, 1.82) is 0 Å². The van der Waals surface area contributed by atoms with Crippen LogP contribution in [0.5, 0.6) is 0 Å². The molecule has 0 unspecified atom stereocenters. The Bertz CT molecular complexity index is 1970. The van der Waals surface area contributed by atoms with Crippen molar-refractivity contribution >= 4 is 28.2 Å². The summed E-state index contributed by atoms with van der Waals surface area (Å²) < 4.78 is 1.99. The number of carbonyl (C=O) groups excluding carboxylic acids is 1. The van der Waals surface area contributed by atoms with Crippen LogP contribution in [0, 0.1) is 0 Å². The normalized spacial score (nSPS) is 14.5. The van der Waals surface area contributed by atoms with E-state index in [9.17, 15) is 14.7 Å². The lowest BCUT2D eigenvalue weighted by Gasteiger charge is -2.19. The Kier molecular flexibility index (Phi) is 6.12. The molecule has 0 aliphatic heterocycles. The smallest absolute Gasteiger partial charge is 0.335 e. The number of aromatic nitrogens is 2. The highest BCUT2D eigenvalue weighted by atomic mass is 16.4. The van der Waals surface area contributed by atoms with Gasteiger partial charge in [-0.3, -0.25) is 4.79 Å². The van der Waals surface area contributed by atoms with E-state index in [-0.39, 0.29) is 22.9 Å². The van der Waals surface area contributed by atoms with Crippen molar-refractivity contribution in [2.24, 2.45) is 0 Å². The predicted molar refractivity (Wildman–Crippen MR) is 164 cm³/mol. The molecule has 6 heteroatoms. The molecular weight excluding hydrogens is 522 g/mol. The van der Waals surface area contributed by atoms with E-state index in [0.29, 0.717) is 5.56 Å². The van der Waals surface area contributed by atoms with Crippen molar-refractivity contribution in [2.75, 3.05) is 0 Å².